The number of nitrogens with one attached hydrogen (secondary N) is 1. The van der Waals surface area contributed by atoms with Crippen LogP contribution in [0.2, 0.25) is 0 Å². The van der Waals surface area contributed by atoms with Crippen LogP contribution in [-0.2, 0) is 0 Å². The summed E-state index contributed by atoms with van der Waals surface area (Å²) < 4.78 is 15.1. The van der Waals surface area contributed by atoms with Gasteiger partial charge >= 0.3 is 0 Å². The molecule has 4 nitrogen and oxygen atoms in total. The van der Waals surface area contributed by atoms with Crippen LogP contribution in [0.15, 0.2) is 54.6 Å². The van der Waals surface area contributed by atoms with Gasteiger partial charge in [0.15, 0.2) is 0 Å². The van der Waals surface area contributed by atoms with Crippen molar-refractivity contribution in [2.45, 2.75) is 26.8 Å². The van der Waals surface area contributed by atoms with Gasteiger partial charge in [-0.1, -0.05) is 12.1 Å². The molecule has 27 heavy (non-hydrogen) atoms. The third-order valence-electron chi connectivity index (χ3n) is 4.65. The van der Waals surface area contributed by atoms with Crippen LogP contribution in [0.5, 0.6) is 0 Å². The fraction of sp³-hybridized carbons (Fsp3) is 0.182. The molecule has 1 unspecified atom stereocenters. The lowest BCUT2D eigenvalue weighted by Crippen LogP contribution is -2.27. The summed E-state index contributed by atoms with van der Waals surface area (Å²) in [4.78, 5) is 12.8. The summed E-state index contributed by atoms with van der Waals surface area (Å²) in [6, 6.07) is 17.1. The van der Waals surface area contributed by atoms with Crippen LogP contribution in [0.3, 0.4) is 0 Å². The molecule has 1 aromatic heterocycles. The second-order valence-corrected chi connectivity index (χ2v) is 6.53. The molecule has 2 aromatic carbocycles. The number of carbonyl (C=O) groups excluding carboxylic acids is 1. The van der Waals surface area contributed by atoms with Gasteiger partial charge in [-0.05, 0) is 68.8 Å². The number of aryl methyl sites for hydroxylation is 1. The van der Waals surface area contributed by atoms with Gasteiger partial charge in [0.25, 0.3) is 5.91 Å². The molecular weight excluding hydrogens is 341 g/mol. The van der Waals surface area contributed by atoms with Gasteiger partial charge in [0, 0.05) is 17.1 Å². The average molecular weight is 361 g/mol. The molecule has 136 valence electrons. The molecule has 0 aliphatic heterocycles. The molecule has 1 N–H and O–H groups in total. The third-order valence-corrected chi connectivity index (χ3v) is 4.65. The monoisotopic (exact) mass is 361 g/mol. The molecule has 0 fully saturated rings. The van der Waals surface area contributed by atoms with Crippen molar-refractivity contribution in [2.24, 2.45) is 0 Å². The molecule has 1 amide bonds. The number of nitrogens with zero attached hydrogens (tertiary/aromatic N) is 2. The lowest BCUT2D eigenvalue weighted by atomic mass is 10.1. The minimum atomic E-state index is -0.296. The Morgan fingerprint density at radius 3 is 2.33 bits per heavy atom. The first-order valence-corrected chi connectivity index (χ1v) is 8.66. The Hall–Kier alpha value is -3.39. The molecule has 0 radical (unpaired) electrons. The zero-order valence-electron chi connectivity index (χ0n) is 15.5. The molecule has 1 atom stereocenters. The highest BCUT2D eigenvalue weighted by molar-refractivity contribution is 5.96. The number of hydrogen-bond acceptors (Lipinski definition) is 2. The summed E-state index contributed by atoms with van der Waals surface area (Å²) in [5.41, 5.74) is 4.59. The molecule has 0 spiro atoms. The van der Waals surface area contributed by atoms with Gasteiger partial charge in [0.2, 0.25) is 0 Å². The van der Waals surface area contributed by atoms with Crippen molar-refractivity contribution in [3.05, 3.63) is 88.5 Å². The second-order valence-electron chi connectivity index (χ2n) is 6.53. The van der Waals surface area contributed by atoms with Crippen molar-refractivity contribution >= 4 is 5.91 Å². The lowest BCUT2D eigenvalue weighted by molar-refractivity contribution is 0.0939. The fourth-order valence-electron chi connectivity index (χ4n) is 3.18. The minimum Gasteiger partial charge on any atom is -0.345 e. The maximum atomic E-state index is 13.2. The van der Waals surface area contributed by atoms with E-state index in [1.54, 1.807) is 24.3 Å². The number of aromatic nitrogens is 1. The third kappa shape index (κ3) is 3.75. The summed E-state index contributed by atoms with van der Waals surface area (Å²) >= 11 is 0. The van der Waals surface area contributed by atoms with Crippen molar-refractivity contribution < 1.29 is 9.18 Å². The Balaban J connectivity index is 1.83. The highest BCUT2D eigenvalue weighted by Gasteiger charge is 2.18. The number of rotatable bonds is 4. The Morgan fingerprint density at radius 1 is 1.11 bits per heavy atom. The van der Waals surface area contributed by atoms with Crippen LogP contribution in [0.1, 0.15) is 45.8 Å². The highest BCUT2D eigenvalue weighted by Crippen LogP contribution is 2.22. The number of nitriles is 1. The minimum absolute atomic E-state index is 0.173. The van der Waals surface area contributed by atoms with Gasteiger partial charge in [-0.15, -0.1) is 0 Å². The van der Waals surface area contributed by atoms with Gasteiger partial charge in [-0.3, -0.25) is 4.79 Å². The zero-order valence-corrected chi connectivity index (χ0v) is 15.5. The van der Waals surface area contributed by atoms with E-state index in [2.05, 4.69) is 11.4 Å². The van der Waals surface area contributed by atoms with Crippen LogP contribution >= 0.6 is 0 Å². The van der Waals surface area contributed by atoms with E-state index in [0.29, 0.717) is 11.1 Å². The summed E-state index contributed by atoms with van der Waals surface area (Å²) in [6.45, 7) is 5.69. The van der Waals surface area contributed by atoms with E-state index in [-0.39, 0.29) is 17.8 Å². The number of carbonyl (C=O) groups is 1. The van der Waals surface area contributed by atoms with E-state index in [1.807, 2.05) is 43.5 Å². The van der Waals surface area contributed by atoms with Gasteiger partial charge in [0.05, 0.1) is 23.2 Å². The van der Waals surface area contributed by atoms with E-state index < -0.39 is 0 Å². The summed E-state index contributed by atoms with van der Waals surface area (Å²) in [5.74, 6) is -0.469. The maximum Gasteiger partial charge on any atom is 0.253 e. The molecule has 1 heterocycles. The van der Waals surface area contributed by atoms with Crippen molar-refractivity contribution in [1.29, 1.82) is 5.26 Å². The van der Waals surface area contributed by atoms with Crippen LogP contribution in [0.25, 0.3) is 5.69 Å². The molecule has 0 saturated carbocycles. The smallest absolute Gasteiger partial charge is 0.253 e. The molecule has 3 aromatic rings. The number of amides is 1. The Bertz CT molecular complexity index is 1010. The topological polar surface area (TPSA) is 57.8 Å². The molecule has 5 heteroatoms. The van der Waals surface area contributed by atoms with E-state index in [9.17, 15) is 9.18 Å². The second kappa shape index (κ2) is 7.46. The van der Waals surface area contributed by atoms with Crippen LogP contribution in [0.4, 0.5) is 4.39 Å². The maximum absolute atomic E-state index is 13.2. The summed E-state index contributed by atoms with van der Waals surface area (Å²) in [7, 11) is 0. The highest BCUT2D eigenvalue weighted by atomic mass is 19.1. The van der Waals surface area contributed by atoms with E-state index in [0.717, 1.165) is 22.6 Å². The van der Waals surface area contributed by atoms with Crippen molar-refractivity contribution in [2.75, 3.05) is 0 Å². The number of halogens is 1. The van der Waals surface area contributed by atoms with Gasteiger partial charge in [-0.25, -0.2) is 4.39 Å². The van der Waals surface area contributed by atoms with E-state index >= 15 is 0 Å². The molecule has 0 bridgehead atoms. The first kappa shape index (κ1) is 18.4. The number of benzene rings is 2. The predicted molar refractivity (Wildman–Crippen MR) is 102 cm³/mol. The first-order chi connectivity index (χ1) is 12.9. The summed E-state index contributed by atoms with van der Waals surface area (Å²) in [6.07, 6.45) is 0. The predicted octanol–water partition coefficient (Wildman–Crippen LogP) is 4.60. The Morgan fingerprint density at radius 2 is 1.74 bits per heavy atom. The first-order valence-electron chi connectivity index (χ1n) is 8.66. The SMILES string of the molecule is Cc1cc(C(=O)NC(C)c2ccc(C#N)cc2)c(C)n1-c1ccc(F)cc1. The molecule has 3 rings (SSSR count). The molecular formula is C22H20FN3O. The normalized spacial score (nSPS) is 11.7. The van der Waals surface area contributed by atoms with Crippen LogP contribution < -0.4 is 5.32 Å². The molecule has 0 saturated heterocycles. The standard InChI is InChI=1S/C22H20FN3O/c1-14-12-21(16(3)26(14)20-10-8-19(23)9-11-20)22(27)25-15(2)18-6-4-17(13-24)5-7-18/h4-12,15H,1-3H3,(H,25,27). The Labute approximate surface area is 157 Å². The Kier molecular flexibility index (Phi) is 5.09. The lowest BCUT2D eigenvalue weighted by Gasteiger charge is -2.15. The quantitative estimate of drug-likeness (QED) is 0.738. The summed E-state index contributed by atoms with van der Waals surface area (Å²) in [5, 5.41) is 11.9. The van der Waals surface area contributed by atoms with Gasteiger partial charge < -0.3 is 9.88 Å². The molecule has 0 aliphatic carbocycles. The largest absolute Gasteiger partial charge is 0.345 e. The zero-order chi connectivity index (χ0) is 19.6. The van der Waals surface area contributed by atoms with E-state index in [1.165, 1.54) is 12.1 Å². The average Bonchev–Trinajstić information content (AvgIpc) is 2.97. The van der Waals surface area contributed by atoms with Gasteiger partial charge in [0.1, 0.15) is 5.82 Å². The van der Waals surface area contributed by atoms with E-state index in [4.69, 9.17) is 5.26 Å². The van der Waals surface area contributed by atoms with Crippen molar-refractivity contribution in [1.82, 2.24) is 9.88 Å². The van der Waals surface area contributed by atoms with Crippen LogP contribution in [0, 0.1) is 31.0 Å². The molecule has 0 aliphatic rings. The van der Waals surface area contributed by atoms with Crippen molar-refractivity contribution in [3.8, 4) is 11.8 Å². The van der Waals surface area contributed by atoms with Crippen molar-refractivity contribution in [3.63, 3.8) is 0 Å². The fourth-order valence-corrected chi connectivity index (χ4v) is 3.18. The van der Waals surface area contributed by atoms with Crippen LogP contribution in [-0.4, -0.2) is 10.5 Å². The van der Waals surface area contributed by atoms with Gasteiger partial charge in [-0.2, -0.15) is 5.26 Å². The number of hydrogen-bond donors (Lipinski definition) is 1.